The Labute approximate surface area is 142 Å². The van der Waals surface area contributed by atoms with Gasteiger partial charge in [-0.25, -0.2) is 0 Å². The highest BCUT2D eigenvalue weighted by Gasteiger charge is 2.34. The van der Waals surface area contributed by atoms with Crippen molar-refractivity contribution in [1.29, 1.82) is 5.26 Å². The molecular weight excluding hydrogens is 362 g/mol. The van der Waals surface area contributed by atoms with E-state index in [1.54, 1.807) is 19.9 Å². The molecule has 1 atom stereocenters. The van der Waals surface area contributed by atoms with Gasteiger partial charge in [0.2, 0.25) is 5.91 Å². The van der Waals surface area contributed by atoms with Crippen LogP contribution in [0, 0.1) is 11.3 Å². The number of nitrogens with two attached hydrogens (primary N) is 1. The highest BCUT2D eigenvalue weighted by Crippen LogP contribution is 2.43. The molecule has 23 heavy (non-hydrogen) atoms. The lowest BCUT2D eigenvalue weighted by molar-refractivity contribution is -0.114. The van der Waals surface area contributed by atoms with E-state index in [1.165, 1.54) is 13.2 Å². The molecule has 1 aromatic carbocycles. The lowest BCUT2D eigenvalue weighted by Gasteiger charge is -2.29. The van der Waals surface area contributed by atoms with E-state index >= 15 is 0 Å². The number of nitrogens with zero attached hydrogens (tertiary/aromatic N) is 1. The number of phenols is 1. The average Bonchev–Trinajstić information content (AvgIpc) is 2.48. The molecule has 1 aromatic rings. The van der Waals surface area contributed by atoms with Gasteiger partial charge in [-0.3, -0.25) is 4.79 Å². The van der Waals surface area contributed by atoms with Crippen molar-refractivity contribution in [3.63, 3.8) is 0 Å². The minimum Gasteiger partial charge on any atom is -0.504 e. The first-order valence-corrected chi connectivity index (χ1v) is 7.56. The summed E-state index contributed by atoms with van der Waals surface area (Å²) in [4.78, 5) is 11.9. The normalized spacial score (nSPS) is 17.6. The van der Waals surface area contributed by atoms with Gasteiger partial charge in [-0.1, -0.05) is 15.9 Å². The van der Waals surface area contributed by atoms with E-state index in [2.05, 4.69) is 27.3 Å². The molecule has 1 aliphatic heterocycles. The van der Waals surface area contributed by atoms with Crippen LogP contribution in [0.5, 0.6) is 11.5 Å². The number of allylic oxidation sites excluding steroid dienone is 3. The number of phenolic OH excluding ortho intramolecular Hbond substituents is 1. The minimum atomic E-state index is -0.662. The number of nitrogens with one attached hydrogen (secondary N) is 1. The van der Waals surface area contributed by atoms with E-state index < -0.39 is 11.8 Å². The van der Waals surface area contributed by atoms with Crippen LogP contribution in [-0.4, -0.2) is 18.1 Å². The molecule has 1 aliphatic rings. The molecule has 7 heteroatoms. The Bertz CT molecular complexity index is 790. The molecule has 0 spiro atoms. The first-order valence-electron chi connectivity index (χ1n) is 6.76. The van der Waals surface area contributed by atoms with Crippen LogP contribution in [0.4, 0.5) is 0 Å². The van der Waals surface area contributed by atoms with Crippen molar-refractivity contribution < 1.29 is 14.6 Å². The zero-order chi connectivity index (χ0) is 17.3. The van der Waals surface area contributed by atoms with E-state index in [9.17, 15) is 15.2 Å². The molecule has 0 aliphatic carbocycles. The molecule has 0 saturated heterocycles. The van der Waals surface area contributed by atoms with Crippen molar-refractivity contribution in [1.82, 2.24) is 5.32 Å². The summed E-state index contributed by atoms with van der Waals surface area (Å²) in [5.74, 6) is -1.08. The van der Waals surface area contributed by atoms with Gasteiger partial charge in [0.1, 0.15) is 0 Å². The standard InChI is InChI=1S/C16H16BrN3O3/c1-7-10(6-18)15(14(16(19)22)8(2)20-7)9-4-12(21)13(23-3)5-11(9)17/h4-5,15,20-21H,1-3H3,(H2,19,22). The molecule has 0 saturated carbocycles. The van der Waals surface area contributed by atoms with E-state index in [0.29, 0.717) is 27.0 Å². The maximum Gasteiger partial charge on any atom is 0.247 e. The van der Waals surface area contributed by atoms with Crippen LogP contribution in [0.15, 0.2) is 39.1 Å². The van der Waals surface area contributed by atoms with Gasteiger partial charge < -0.3 is 20.9 Å². The van der Waals surface area contributed by atoms with Gasteiger partial charge in [-0.05, 0) is 31.5 Å². The summed E-state index contributed by atoms with van der Waals surface area (Å²) in [6.07, 6.45) is 0. The fraction of sp³-hybridized carbons (Fsp3) is 0.250. The van der Waals surface area contributed by atoms with Gasteiger partial charge in [-0.15, -0.1) is 0 Å². The summed E-state index contributed by atoms with van der Waals surface area (Å²) in [6.45, 7) is 3.48. The highest BCUT2D eigenvalue weighted by molar-refractivity contribution is 9.10. The summed E-state index contributed by atoms with van der Waals surface area (Å²) < 4.78 is 5.67. The first kappa shape index (κ1) is 16.9. The lowest BCUT2D eigenvalue weighted by atomic mass is 9.80. The zero-order valence-electron chi connectivity index (χ0n) is 12.9. The Kier molecular flexibility index (Phi) is 4.66. The first-order chi connectivity index (χ1) is 10.8. The van der Waals surface area contributed by atoms with Crippen molar-refractivity contribution in [2.45, 2.75) is 19.8 Å². The monoisotopic (exact) mass is 377 g/mol. The van der Waals surface area contributed by atoms with Crippen molar-refractivity contribution in [3.8, 4) is 17.6 Å². The van der Waals surface area contributed by atoms with E-state index in [4.69, 9.17) is 10.5 Å². The third kappa shape index (κ3) is 2.90. The van der Waals surface area contributed by atoms with Crippen LogP contribution in [0.3, 0.4) is 0 Å². The van der Waals surface area contributed by atoms with Gasteiger partial charge in [0.25, 0.3) is 0 Å². The number of benzene rings is 1. The van der Waals surface area contributed by atoms with Crippen molar-refractivity contribution >= 4 is 21.8 Å². The quantitative estimate of drug-likeness (QED) is 0.749. The summed E-state index contributed by atoms with van der Waals surface area (Å²) in [5.41, 5.74) is 7.97. The highest BCUT2D eigenvalue weighted by atomic mass is 79.9. The number of aromatic hydroxyl groups is 1. The molecule has 2 rings (SSSR count). The third-order valence-electron chi connectivity index (χ3n) is 3.76. The molecular formula is C16H16BrN3O3. The second kappa shape index (κ2) is 6.34. The number of halogens is 1. The van der Waals surface area contributed by atoms with Crippen LogP contribution < -0.4 is 15.8 Å². The number of dihydropyridines is 1. The molecule has 1 amide bonds. The van der Waals surface area contributed by atoms with Crippen LogP contribution in [0.25, 0.3) is 0 Å². The second-order valence-corrected chi connectivity index (χ2v) is 6.01. The number of nitriles is 1. The van der Waals surface area contributed by atoms with Crippen molar-refractivity contribution in [2.24, 2.45) is 5.73 Å². The van der Waals surface area contributed by atoms with Crippen molar-refractivity contribution in [3.05, 3.63) is 44.7 Å². The van der Waals surface area contributed by atoms with Gasteiger partial charge >= 0.3 is 0 Å². The van der Waals surface area contributed by atoms with Gasteiger partial charge in [0, 0.05) is 21.4 Å². The third-order valence-corrected chi connectivity index (χ3v) is 4.44. The van der Waals surface area contributed by atoms with Crippen LogP contribution in [0.1, 0.15) is 25.3 Å². The molecule has 0 aromatic heterocycles. The SMILES string of the molecule is COc1cc(Br)c(C2C(C#N)=C(C)NC(C)=C2C(N)=O)cc1O. The van der Waals surface area contributed by atoms with Gasteiger partial charge in [-0.2, -0.15) is 5.26 Å². The Morgan fingerprint density at radius 3 is 2.61 bits per heavy atom. The molecule has 1 unspecified atom stereocenters. The molecule has 120 valence electrons. The Morgan fingerprint density at radius 2 is 2.09 bits per heavy atom. The number of hydrogen-bond acceptors (Lipinski definition) is 5. The molecule has 4 N–H and O–H groups in total. The van der Waals surface area contributed by atoms with Gasteiger partial charge in [0.05, 0.1) is 24.7 Å². The smallest absolute Gasteiger partial charge is 0.247 e. The number of carbonyl (C=O) groups excluding carboxylic acids is 1. The number of primary amides is 1. The number of amides is 1. The predicted octanol–water partition coefficient (Wildman–Crippen LogP) is 2.41. The van der Waals surface area contributed by atoms with E-state index in [0.717, 1.165) is 0 Å². The Morgan fingerprint density at radius 1 is 1.43 bits per heavy atom. The molecule has 1 heterocycles. The fourth-order valence-electron chi connectivity index (χ4n) is 2.72. The number of hydrogen-bond donors (Lipinski definition) is 3. The number of ether oxygens (including phenoxy) is 1. The van der Waals surface area contributed by atoms with Gasteiger partial charge in [0.15, 0.2) is 11.5 Å². The maximum absolute atomic E-state index is 11.9. The number of rotatable bonds is 3. The molecule has 0 radical (unpaired) electrons. The zero-order valence-corrected chi connectivity index (χ0v) is 14.5. The largest absolute Gasteiger partial charge is 0.504 e. The topological polar surface area (TPSA) is 108 Å². The summed E-state index contributed by atoms with van der Waals surface area (Å²) in [7, 11) is 1.44. The van der Waals surface area contributed by atoms with Crippen LogP contribution in [0.2, 0.25) is 0 Å². The molecule has 6 nitrogen and oxygen atoms in total. The number of methoxy groups -OCH3 is 1. The average molecular weight is 378 g/mol. The predicted molar refractivity (Wildman–Crippen MR) is 88.4 cm³/mol. The molecule has 0 fully saturated rings. The van der Waals surface area contributed by atoms with Crippen LogP contribution in [-0.2, 0) is 4.79 Å². The summed E-state index contributed by atoms with van der Waals surface area (Å²) in [6, 6.07) is 5.18. The van der Waals surface area contributed by atoms with Crippen molar-refractivity contribution in [2.75, 3.05) is 7.11 Å². The Balaban J connectivity index is 2.75. The second-order valence-electron chi connectivity index (χ2n) is 5.16. The summed E-state index contributed by atoms with van der Waals surface area (Å²) >= 11 is 3.41. The number of carbonyl (C=O) groups is 1. The minimum absolute atomic E-state index is 0.0827. The lowest BCUT2D eigenvalue weighted by Crippen LogP contribution is -2.31. The Hall–Kier alpha value is -2.46. The summed E-state index contributed by atoms with van der Waals surface area (Å²) in [5, 5.41) is 22.6. The van der Waals surface area contributed by atoms with E-state index in [1.807, 2.05) is 0 Å². The van der Waals surface area contributed by atoms with E-state index in [-0.39, 0.29) is 17.1 Å². The van der Waals surface area contributed by atoms with Crippen LogP contribution >= 0.6 is 15.9 Å². The fourth-order valence-corrected chi connectivity index (χ4v) is 3.28. The maximum atomic E-state index is 11.9. The molecule has 0 bridgehead atoms.